The molecule has 2 aromatic heterocycles. The Kier molecular flexibility index (Phi) is 5.05. The molecule has 1 amide bonds. The summed E-state index contributed by atoms with van der Waals surface area (Å²) in [6.07, 6.45) is 1.67. The van der Waals surface area contributed by atoms with Crippen LogP contribution in [0.2, 0.25) is 5.02 Å². The van der Waals surface area contributed by atoms with Crippen LogP contribution in [0, 0.1) is 0 Å². The van der Waals surface area contributed by atoms with Gasteiger partial charge >= 0.3 is 0 Å². The Bertz CT molecular complexity index is 1410. The zero-order chi connectivity index (χ0) is 21.4. The van der Waals surface area contributed by atoms with Gasteiger partial charge in [-0.1, -0.05) is 45.7 Å². The molecule has 2 N–H and O–H groups in total. The summed E-state index contributed by atoms with van der Waals surface area (Å²) in [7, 11) is 0. The van der Waals surface area contributed by atoms with Gasteiger partial charge in [-0.2, -0.15) is 5.10 Å². The molecule has 0 bridgehead atoms. The predicted octanol–water partition coefficient (Wildman–Crippen LogP) is 6.55. The molecular formula is C23H14BrClN4O2. The number of rotatable bonds is 4. The van der Waals surface area contributed by atoms with E-state index in [1.54, 1.807) is 36.5 Å². The molecule has 0 spiro atoms. The SMILES string of the molecule is O=C(Nc1ccc(-c2[nH]ncc2-c2nc3cc(Cl)ccc3o2)cc1)c1cccc(Br)c1. The first kappa shape index (κ1) is 19.5. The Labute approximate surface area is 190 Å². The third-order valence-electron chi connectivity index (χ3n) is 4.74. The molecule has 5 rings (SSSR count). The number of halogens is 2. The van der Waals surface area contributed by atoms with Crippen molar-refractivity contribution in [2.45, 2.75) is 0 Å². The zero-order valence-corrected chi connectivity index (χ0v) is 18.2. The van der Waals surface area contributed by atoms with Crippen molar-refractivity contribution in [3.8, 4) is 22.7 Å². The van der Waals surface area contributed by atoms with Crippen molar-refractivity contribution >= 4 is 50.2 Å². The average molecular weight is 494 g/mol. The van der Waals surface area contributed by atoms with Gasteiger partial charge in [0, 0.05) is 26.3 Å². The number of aromatic nitrogens is 3. The van der Waals surface area contributed by atoms with Crippen molar-refractivity contribution in [1.29, 1.82) is 0 Å². The first-order chi connectivity index (χ1) is 15.1. The fourth-order valence-electron chi connectivity index (χ4n) is 3.24. The second kappa shape index (κ2) is 8.02. The summed E-state index contributed by atoms with van der Waals surface area (Å²) >= 11 is 9.42. The summed E-state index contributed by atoms with van der Waals surface area (Å²) in [5.41, 5.74) is 4.98. The van der Waals surface area contributed by atoms with Gasteiger partial charge in [0.15, 0.2) is 5.58 Å². The number of carbonyl (C=O) groups is 1. The summed E-state index contributed by atoms with van der Waals surface area (Å²) in [4.78, 5) is 17.0. The average Bonchev–Trinajstić information content (AvgIpc) is 3.41. The lowest BCUT2D eigenvalue weighted by molar-refractivity contribution is 0.102. The number of hydrogen-bond acceptors (Lipinski definition) is 4. The fraction of sp³-hybridized carbons (Fsp3) is 0. The fourth-order valence-corrected chi connectivity index (χ4v) is 3.80. The quantitative estimate of drug-likeness (QED) is 0.297. The van der Waals surface area contributed by atoms with Crippen LogP contribution in [0.25, 0.3) is 33.8 Å². The predicted molar refractivity (Wildman–Crippen MR) is 124 cm³/mol. The maximum Gasteiger partial charge on any atom is 0.255 e. The number of nitrogens with one attached hydrogen (secondary N) is 2. The zero-order valence-electron chi connectivity index (χ0n) is 15.9. The molecule has 31 heavy (non-hydrogen) atoms. The van der Waals surface area contributed by atoms with Crippen molar-refractivity contribution in [1.82, 2.24) is 15.2 Å². The Hall–Kier alpha value is -3.42. The minimum Gasteiger partial charge on any atom is -0.436 e. The van der Waals surface area contributed by atoms with Crippen LogP contribution >= 0.6 is 27.5 Å². The minimum absolute atomic E-state index is 0.179. The molecule has 0 atom stereocenters. The molecule has 0 unspecified atom stereocenters. The minimum atomic E-state index is -0.179. The normalized spacial score (nSPS) is 11.0. The van der Waals surface area contributed by atoms with Gasteiger partial charge in [0.1, 0.15) is 5.52 Å². The van der Waals surface area contributed by atoms with Crippen molar-refractivity contribution < 1.29 is 9.21 Å². The van der Waals surface area contributed by atoms with E-state index in [4.69, 9.17) is 16.0 Å². The highest BCUT2D eigenvalue weighted by Crippen LogP contribution is 2.33. The maximum absolute atomic E-state index is 12.5. The van der Waals surface area contributed by atoms with Gasteiger partial charge < -0.3 is 9.73 Å². The largest absolute Gasteiger partial charge is 0.436 e. The van der Waals surface area contributed by atoms with Gasteiger partial charge in [-0.05, 0) is 48.5 Å². The number of benzene rings is 3. The van der Waals surface area contributed by atoms with Crippen LogP contribution in [0.4, 0.5) is 5.69 Å². The smallest absolute Gasteiger partial charge is 0.255 e. The van der Waals surface area contributed by atoms with Crippen molar-refractivity contribution in [2.24, 2.45) is 0 Å². The number of hydrogen-bond donors (Lipinski definition) is 2. The number of carbonyl (C=O) groups excluding carboxylic acids is 1. The monoisotopic (exact) mass is 492 g/mol. The molecule has 0 saturated heterocycles. The Balaban J connectivity index is 1.40. The van der Waals surface area contributed by atoms with E-state index < -0.39 is 0 Å². The van der Waals surface area contributed by atoms with E-state index in [9.17, 15) is 4.79 Å². The van der Waals surface area contributed by atoms with Gasteiger partial charge in [-0.25, -0.2) is 4.98 Å². The van der Waals surface area contributed by atoms with Crippen molar-refractivity contribution in [2.75, 3.05) is 5.32 Å². The molecule has 0 saturated carbocycles. The highest BCUT2D eigenvalue weighted by molar-refractivity contribution is 9.10. The van der Waals surface area contributed by atoms with Crippen molar-refractivity contribution in [3.05, 3.63) is 88.0 Å². The van der Waals surface area contributed by atoms with E-state index in [0.29, 0.717) is 33.3 Å². The first-order valence-electron chi connectivity index (χ1n) is 9.34. The second-order valence-corrected chi connectivity index (χ2v) is 8.18. The number of amides is 1. The van der Waals surface area contributed by atoms with Gasteiger partial charge in [-0.3, -0.25) is 9.89 Å². The van der Waals surface area contributed by atoms with Gasteiger partial charge in [0.05, 0.1) is 17.5 Å². The lowest BCUT2D eigenvalue weighted by Gasteiger charge is -2.07. The Morgan fingerprint density at radius 1 is 1.06 bits per heavy atom. The van der Waals surface area contributed by atoms with E-state index in [2.05, 4.69) is 36.4 Å². The number of H-pyrrole nitrogens is 1. The topological polar surface area (TPSA) is 83.8 Å². The highest BCUT2D eigenvalue weighted by Gasteiger charge is 2.16. The number of anilines is 1. The van der Waals surface area contributed by atoms with Gasteiger partial charge in [0.2, 0.25) is 5.89 Å². The van der Waals surface area contributed by atoms with E-state index in [-0.39, 0.29) is 5.91 Å². The summed E-state index contributed by atoms with van der Waals surface area (Å²) in [5, 5.41) is 10.7. The molecule has 0 fully saturated rings. The van der Waals surface area contributed by atoms with Crippen LogP contribution in [-0.4, -0.2) is 21.1 Å². The number of fused-ring (bicyclic) bond motifs is 1. The highest BCUT2D eigenvalue weighted by atomic mass is 79.9. The summed E-state index contributed by atoms with van der Waals surface area (Å²) in [6, 6.07) is 20.0. The number of aromatic amines is 1. The molecule has 8 heteroatoms. The Morgan fingerprint density at radius 3 is 2.71 bits per heavy atom. The molecule has 5 aromatic rings. The lowest BCUT2D eigenvalue weighted by atomic mass is 10.1. The summed E-state index contributed by atoms with van der Waals surface area (Å²) in [6.45, 7) is 0. The van der Waals surface area contributed by atoms with E-state index in [0.717, 1.165) is 21.3 Å². The van der Waals surface area contributed by atoms with E-state index >= 15 is 0 Å². The van der Waals surface area contributed by atoms with Gasteiger partial charge in [-0.15, -0.1) is 0 Å². The number of oxazole rings is 1. The molecule has 0 aliphatic heterocycles. The lowest BCUT2D eigenvalue weighted by Crippen LogP contribution is -2.11. The van der Waals surface area contributed by atoms with Crippen molar-refractivity contribution in [3.63, 3.8) is 0 Å². The number of nitrogens with zero attached hydrogens (tertiary/aromatic N) is 2. The van der Waals surface area contributed by atoms with E-state index in [1.807, 2.05) is 36.4 Å². The van der Waals surface area contributed by atoms with Crippen LogP contribution in [-0.2, 0) is 0 Å². The molecule has 2 heterocycles. The Morgan fingerprint density at radius 2 is 1.90 bits per heavy atom. The molecule has 6 nitrogen and oxygen atoms in total. The van der Waals surface area contributed by atoms with Crippen LogP contribution in [0.15, 0.2) is 81.8 Å². The van der Waals surface area contributed by atoms with E-state index in [1.165, 1.54) is 0 Å². The third-order valence-corrected chi connectivity index (χ3v) is 5.47. The standard InChI is InChI=1S/C23H14BrClN4O2/c24-15-3-1-2-14(10-15)22(30)27-17-7-4-13(5-8-17)21-18(12-26-29-21)23-28-19-11-16(25)6-9-20(19)31-23/h1-12H,(H,26,29)(H,27,30). The third kappa shape index (κ3) is 3.97. The first-order valence-corrected chi connectivity index (χ1v) is 10.5. The second-order valence-electron chi connectivity index (χ2n) is 6.83. The molecule has 0 aliphatic carbocycles. The molecule has 3 aromatic carbocycles. The summed E-state index contributed by atoms with van der Waals surface area (Å²) < 4.78 is 6.72. The summed E-state index contributed by atoms with van der Waals surface area (Å²) in [5.74, 6) is 0.273. The molecule has 0 aliphatic rings. The maximum atomic E-state index is 12.5. The van der Waals surface area contributed by atoms with Crippen LogP contribution in [0.1, 0.15) is 10.4 Å². The molecular weight excluding hydrogens is 480 g/mol. The van der Waals surface area contributed by atoms with Crippen LogP contribution < -0.4 is 5.32 Å². The van der Waals surface area contributed by atoms with Crippen LogP contribution in [0.3, 0.4) is 0 Å². The molecule has 152 valence electrons. The van der Waals surface area contributed by atoms with Gasteiger partial charge in [0.25, 0.3) is 5.91 Å². The van der Waals surface area contributed by atoms with Crippen LogP contribution in [0.5, 0.6) is 0 Å². The molecule has 0 radical (unpaired) electrons.